The van der Waals surface area contributed by atoms with E-state index in [0.29, 0.717) is 47.6 Å². The summed E-state index contributed by atoms with van der Waals surface area (Å²) >= 11 is 0. The molecule has 1 amide bonds. The number of fused-ring (bicyclic) bond motifs is 1. The third-order valence-corrected chi connectivity index (χ3v) is 6.18. The summed E-state index contributed by atoms with van der Waals surface area (Å²) in [6.07, 6.45) is 1.40. The van der Waals surface area contributed by atoms with E-state index < -0.39 is 0 Å². The molecule has 4 aromatic rings. The minimum absolute atomic E-state index is 0.0989. The normalized spacial score (nSPS) is 11.9. The zero-order valence-electron chi connectivity index (χ0n) is 20.5. The van der Waals surface area contributed by atoms with E-state index in [9.17, 15) is 9.59 Å². The van der Waals surface area contributed by atoms with Crippen molar-refractivity contribution in [1.82, 2.24) is 14.5 Å². The van der Waals surface area contributed by atoms with Gasteiger partial charge in [0.05, 0.1) is 30.6 Å². The van der Waals surface area contributed by atoms with Gasteiger partial charge in [0.15, 0.2) is 0 Å². The summed E-state index contributed by atoms with van der Waals surface area (Å²) in [4.78, 5) is 34.2. The maximum atomic E-state index is 13.7. The fourth-order valence-corrected chi connectivity index (χ4v) is 4.46. The molecule has 1 heterocycles. The van der Waals surface area contributed by atoms with Gasteiger partial charge in [-0.05, 0) is 48.7 Å². The lowest BCUT2D eigenvalue weighted by Gasteiger charge is -2.32. The molecule has 1 unspecified atom stereocenters. The topological polar surface area (TPSA) is 64.4 Å². The number of nitrogens with zero attached hydrogens (tertiary/aromatic N) is 3. The molecule has 0 N–H and O–H groups in total. The highest BCUT2D eigenvalue weighted by atomic mass is 16.5. The molecule has 0 aliphatic carbocycles. The van der Waals surface area contributed by atoms with Crippen molar-refractivity contribution in [2.75, 3.05) is 13.7 Å². The van der Waals surface area contributed by atoms with Gasteiger partial charge in [-0.3, -0.25) is 14.2 Å². The van der Waals surface area contributed by atoms with E-state index >= 15 is 0 Å². The Morgan fingerprint density at radius 2 is 1.74 bits per heavy atom. The summed E-state index contributed by atoms with van der Waals surface area (Å²) in [5, 5.41) is 0.572. The van der Waals surface area contributed by atoms with Crippen molar-refractivity contribution >= 4 is 16.8 Å². The number of aromatic nitrogens is 2. The van der Waals surface area contributed by atoms with Gasteiger partial charge in [-0.25, -0.2) is 4.98 Å². The van der Waals surface area contributed by atoms with E-state index in [2.05, 4.69) is 0 Å². The molecule has 0 fully saturated rings. The Bertz CT molecular complexity index is 1360. The maximum Gasteiger partial charge on any atom is 0.261 e. The summed E-state index contributed by atoms with van der Waals surface area (Å²) in [6, 6.07) is 24.1. The average Bonchev–Trinajstić information content (AvgIpc) is 2.91. The molecule has 1 atom stereocenters. The number of amides is 1. The Labute approximate surface area is 205 Å². The molecule has 0 spiro atoms. The number of benzene rings is 3. The van der Waals surface area contributed by atoms with Crippen LogP contribution >= 0.6 is 0 Å². The highest BCUT2D eigenvalue weighted by Crippen LogP contribution is 2.27. The molecular weight excluding hydrogens is 438 g/mol. The molecule has 1 aromatic heterocycles. The first-order chi connectivity index (χ1) is 17.1. The monoisotopic (exact) mass is 469 g/mol. The van der Waals surface area contributed by atoms with E-state index in [1.807, 2.05) is 85.5 Å². The smallest absolute Gasteiger partial charge is 0.261 e. The fraction of sp³-hybridized carbons (Fsp3) is 0.276. The molecule has 0 saturated heterocycles. The van der Waals surface area contributed by atoms with Gasteiger partial charge in [0.1, 0.15) is 11.6 Å². The standard InChI is InChI=1S/C29H31N3O3/c1-4-18-31(28(33)22-14-11-15-23(19-22)35-3)26(5-2)27-30-25-17-10-9-16-24(25)29(34)32(27)20-21-12-7-6-8-13-21/h6-17,19,26H,4-5,18,20H2,1-3H3. The Kier molecular flexibility index (Phi) is 7.60. The lowest BCUT2D eigenvalue weighted by atomic mass is 10.1. The van der Waals surface area contributed by atoms with Gasteiger partial charge in [0.25, 0.3) is 11.5 Å². The molecule has 0 aliphatic heterocycles. The molecule has 3 aromatic carbocycles. The third kappa shape index (κ3) is 5.11. The highest BCUT2D eigenvalue weighted by molar-refractivity contribution is 5.95. The van der Waals surface area contributed by atoms with Gasteiger partial charge in [-0.2, -0.15) is 0 Å². The van der Waals surface area contributed by atoms with E-state index in [0.717, 1.165) is 12.0 Å². The first-order valence-electron chi connectivity index (χ1n) is 12.1. The van der Waals surface area contributed by atoms with Gasteiger partial charge >= 0.3 is 0 Å². The second kappa shape index (κ2) is 11.0. The predicted molar refractivity (Wildman–Crippen MR) is 139 cm³/mol. The molecule has 180 valence electrons. The Hall–Kier alpha value is -3.93. The zero-order chi connectivity index (χ0) is 24.8. The van der Waals surface area contributed by atoms with Crippen LogP contribution < -0.4 is 10.3 Å². The van der Waals surface area contributed by atoms with E-state index in [4.69, 9.17) is 9.72 Å². The van der Waals surface area contributed by atoms with Gasteiger partial charge < -0.3 is 9.64 Å². The van der Waals surface area contributed by atoms with Gasteiger partial charge in [-0.15, -0.1) is 0 Å². The van der Waals surface area contributed by atoms with Crippen LogP contribution in [-0.4, -0.2) is 34.0 Å². The van der Waals surface area contributed by atoms with Crippen molar-refractivity contribution < 1.29 is 9.53 Å². The van der Waals surface area contributed by atoms with E-state index in [1.54, 1.807) is 23.8 Å². The third-order valence-electron chi connectivity index (χ3n) is 6.18. The lowest BCUT2D eigenvalue weighted by molar-refractivity contribution is 0.0656. The van der Waals surface area contributed by atoms with Crippen LogP contribution in [0.1, 0.15) is 54.5 Å². The highest BCUT2D eigenvalue weighted by Gasteiger charge is 2.29. The van der Waals surface area contributed by atoms with Crippen molar-refractivity contribution in [2.24, 2.45) is 0 Å². The van der Waals surface area contributed by atoms with E-state index in [-0.39, 0.29) is 17.5 Å². The maximum absolute atomic E-state index is 13.7. The lowest BCUT2D eigenvalue weighted by Crippen LogP contribution is -2.39. The predicted octanol–water partition coefficient (Wildman–Crippen LogP) is 5.46. The van der Waals surface area contributed by atoms with Crippen molar-refractivity contribution in [3.63, 3.8) is 0 Å². The number of methoxy groups -OCH3 is 1. The molecule has 0 aliphatic rings. The molecule has 4 rings (SSSR count). The van der Waals surface area contributed by atoms with Crippen molar-refractivity contribution in [3.8, 4) is 5.75 Å². The Morgan fingerprint density at radius 1 is 1.00 bits per heavy atom. The largest absolute Gasteiger partial charge is 0.497 e. The van der Waals surface area contributed by atoms with E-state index in [1.165, 1.54) is 0 Å². The average molecular weight is 470 g/mol. The fourth-order valence-electron chi connectivity index (χ4n) is 4.46. The number of carbonyl (C=O) groups is 1. The minimum Gasteiger partial charge on any atom is -0.497 e. The first-order valence-corrected chi connectivity index (χ1v) is 12.1. The van der Waals surface area contributed by atoms with Crippen LogP contribution in [0.3, 0.4) is 0 Å². The number of rotatable bonds is 9. The molecule has 0 radical (unpaired) electrons. The van der Waals surface area contributed by atoms with Gasteiger partial charge in [-0.1, -0.05) is 62.4 Å². The molecule has 6 heteroatoms. The quantitative estimate of drug-likeness (QED) is 0.327. The zero-order valence-corrected chi connectivity index (χ0v) is 20.5. The summed E-state index contributed by atoms with van der Waals surface area (Å²) < 4.78 is 7.07. The summed E-state index contributed by atoms with van der Waals surface area (Å²) in [7, 11) is 1.59. The van der Waals surface area contributed by atoms with Crippen molar-refractivity contribution in [1.29, 1.82) is 0 Å². The number of hydrogen-bond acceptors (Lipinski definition) is 4. The second-order valence-corrected chi connectivity index (χ2v) is 8.52. The summed E-state index contributed by atoms with van der Waals surface area (Å²) in [6.45, 7) is 5.00. The SMILES string of the molecule is CCCN(C(=O)c1cccc(OC)c1)C(CC)c1nc2ccccc2c(=O)n1Cc1ccccc1. The summed E-state index contributed by atoms with van der Waals surface area (Å²) in [5.41, 5.74) is 2.09. The van der Waals surface area contributed by atoms with Gasteiger partial charge in [0.2, 0.25) is 0 Å². The van der Waals surface area contributed by atoms with Crippen LogP contribution in [0.25, 0.3) is 10.9 Å². The van der Waals surface area contributed by atoms with Crippen molar-refractivity contribution in [2.45, 2.75) is 39.3 Å². The van der Waals surface area contributed by atoms with Gasteiger partial charge in [0, 0.05) is 12.1 Å². The second-order valence-electron chi connectivity index (χ2n) is 8.52. The minimum atomic E-state index is -0.366. The number of ether oxygens (including phenoxy) is 1. The number of para-hydroxylation sites is 1. The van der Waals surface area contributed by atoms with Crippen LogP contribution in [0.5, 0.6) is 5.75 Å². The first kappa shape index (κ1) is 24.2. The molecular formula is C29H31N3O3. The summed E-state index contributed by atoms with van der Waals surface area (Å²) in [5.74, 6) is 1.13. The van der Waals surface area contributed by atoms with Crippen LogP contribution in [0.15, 0.2) is 83.7 Å². The van der Waals surface area contributed by atoms with Crippen LogP contribution in [0, 0.1) is 0 Å². The molecule has 0 bridgehead atoms. The van der Waals surface area contributed by atoms with Crippen LogP contribution in [0.2, 0.25) is 0 Å². The Morgan fingerprint density at radius 3 is 2.46 bits per heavy atom. The Balaban J connectivity index is 1.86. The van der Waals surface area contributed by atoms with Crippen LogP contribution in [-0.2, 0) is 6.54 Å². The molecule has 0 saturated carbocycles. The number of carbonyl (C=O) groups excluding carboxylic acids is 1. The molecule has 35 heavy (non-hydrogen) atoms. The van der Waals surface area contributed by atoms with Crippen molar-refractivity contribution in [3.05, 3.63) is 106 Å². The molecule has 6 nitrogen and oxygen atoms in total. The number of hydrogen-bond donors (Lipinski definition) is 0. The van der Waals surface area contributed by atoms with Crippen LogP contribution in [0.4, 0.5) is 0 Å².